The third-order valence-electron chi connectivity index (χ3n) is 6.13. The maximum atomic E-state index is 15.2. The number of rotatable bonds is 12. The second kappa shape index (κ2) is 14.0. The van der Waals surface area contributed by atoms with Crippen LogP contribution in [0.2, 0.25) is 15.1 Å². The second-order valence-electron chi connectivity index (χ2n) is 10.5. The Bertz CT molecular complexity index is 1690. The van der Waals surface area contributed by atoms with Crippen LogP contribution in [0.15, 0.2) is 65.6 Å². The Morgan fingerprint density at radius 3 is 2.05 bits per heavy atom. The van der Waals surface area contributed by atoms with Crippen molar-refractivity contribution in [3.8, 4) is 5.75 Å². The topological polar surface area (TPSA) is 119 Å². The first-order valence-corrected chi connectivity index (χ1v) is 16.8. The van der Waals surface area contributed by atoms with Crippen molar-refractivity contribution in [1.82, 2.24) is 4.31 Å². The fraction of sp³-hybridized carbons (Fsp3) is 0.321. The van der Waals surface area contributed by atoms with Crippen molar-refractivity contribution < 1.29 is 45.4 Å². The van der Waals surface area contributed by atoms with Crippen molar-refractivity contribution in [2.45, 2.75) is 44.4 Å². The number of ether oxygens (including phenoxy) is 2. The van der Waals surface area contributed by atoms with E-state index in [1.54, 1.807) is 12.1 Å². The van der Waals surface area contributed by atoms with Crippen LogP contribution in [0.4, 0.5) is 8.78 Å². The van der Waals surface area contributed by atoms with Gasteiger partial charge in [-0.15, -0.1) is 0 Å². The molecule has 0 aromatic heterocycles. The van der Waals surface area contributed by atoms with E-state index in [9.17, 15) is 22.7 Å². The molecule has 0 bridgehead atoms. The van der Waals surface area contributed by atoms with E-state index < -0.39 is 52.0 Å². The molecule has 0 saturated carbocycles. The van der Waals surface area contributed by atoms with Gasteiger partial charge in [-0.25, -0.2) is 8.42 Å². The molecule has 0 heterocycles. The van der Waals surface area contributed by atoms with Crippen LogP contribution in [-0.2, 0) is 47.4 Å². The molecule has 1 N–H and O–H groups in total. The molecule has 0 spiro atoms. The van der Waals surface area contributed by atoms with E-state index in [1.165, 1.54) is 58.2 Å². The van der Waals surface area contributed by atoms with Crippen molar-refractivity contribution in [3.63, 3.8) is 0 Å². The summed E-state index contributed by atoms with van der Waals surface area (Å²) in [7, 11) is -8.72. The summed E-state index contributed by atoms with van der Waals surface area (Å²) >= 11 is 18.3. The Morgan fingerprint density at radius 2 is 1.50 bits per heavy atom. The number of methoxy groups -OCH3 is 1. The lowest BCUT2D eigenvalue weighted by molar-refractivity contribution is -0.160. The number of carbonyl (C=O) groups excluding carboxylic acids is 1. The highest BCUT2D eigenvalue weighted by Crippen LogP contribution is 2.64. The smallest absolute Gasteiger partial charge is 0.404 e. The number of esters is 1. The number of alkyl halides is 2. The standard InChI is InChI=1S/C28H29Cl3F2NO8PS/c1-27(2,3)26(35)41-17-42-43(36,37)28(32,33)20-11-9-18(13-22(20)30)15-34(16-19-10-12-21(29)23(31)14-19)44(38,39)25-8-6-5-7-24(25)40-4/h5-14H,15-17H2,1-4H3,(H,36,37). The zero-order valence-electron chi connectivity index (χ0n) is 23.9. The molecule has 44 heavy (non-hydrogen) atoms. The molecule has 9 nitrogen and oxygen atoms in total. The molecule has 16 heteroatoms. The lowest BCUT2D eigenvalue weighted by Crippen LogP contribution is -2.30. The average Bonchev–Trinajstić information content (AvgIpc) is 2.93. The number of nitrogens with zero attached hydrogens (tertiary/aromatic N) is 1. The number of sulfonamides is 1. The third kappa shape index (κ3) is 8.30. The number of carbonyl (C=O) groups is 1. The lowest BCUT2D eigenvalue weighted by Gasteiger charge is -2.25. The number of hydrogen-bond acceptors (Lipinski definition) is 7. The molecule has 0 aliphatic heterocycles. The van der Waals surface area contributed by atoms with Gasteiger partial charge < -0.3 is 14.4 Å². The summed E-state index contributed by atoms with van der Waals surface area (Å²) in [6.45, 7) is 2.73. The highest BCUT2D eigenvalue weighted by Gasteiger charge is 2.54. The van der Waals surface area contributed by atoms with Crippen LogP contribution >= 0.6 is 42.4 Å². The molecule has 1 unspecified atom stereocenters. The molecule has 0 amide bonds. The quantitative estimate of drug-likeness (QED) is 0.115. The van der Waals surface area contributed by atoms with Gasteiger partial charge in [0.15, 0.2) is 0 Å². The van der Waals surface area contributed by atoms with Gasteiger partial charge in [0.05, 0.1) is 33.2 Å². The SMILES string of the molecule is COc1ccccc1S(=O)(=O)N(Cc1ccc(Cl)c(Cl)c1)Cc1ccc(C(F)(F)P(=O)(O)OCOC(=O)C(C)(C)C)c(Cl)c1. The first kappa shape index (κ1) is 36.2. The van der Waals surface area contributed by atoms with Gasteiger partial charge in [-0.3, -0.25) is 13.9 Å². The number of para-hydroxylation sites is 1. The maximum Gasteiger partial charge on any atom is 0.404 e. The summed E-state index contributed by atoms with van der Waals surface area (Å²) in [5, 5.41) is -0.186. The van der Waals surface area contributed by atoms with E-state index in [2.05, 4.69) is 9.26 Å². The molecule has 0 fully saturated rings. The summed E-state index contributed by atoms with van der Waals surface area (Å²) < 4.78 is 85.9. The molecule has 0 saturated heterocycles. The highest BCUT2D eigenvalue weighted by molar-refractivity contribution is 7.89. The fourth-order valence-electron chi connectivity index (χ4n) is 3.74. The molecule has 3 aromatic rings. The van der Waals surface area contributed by atoms with E-state index in [1.807, 2.05) is 0 Å². The molecule has 3 aromatic carbocycles. The van der Waals surface area contributed by atoms with Gasteiger partial charge in [-0.05, 0) is 62.2 Å². The van der Waals surface area contributed by atoms with E-state index in [0.717, 1.165) is 22.5 Å². The zero-order chi connectivity index (χ0) is 33.1. The molecular weight excluding hydrogens is 686 g/mol. The fourth-order valence-corrected chi connectivity index (χ4v) is 6.88. The van der Waals surface area contributed by atoms with Crippen molar-refractivity contribution >= 4 is 58.4 Å². The average molecular weight is 715 g/mol. The van der Waals surface area contributed by atoms with Crippen LogP contribution in [0.3, 0.4) is 0 Å². The summed E-state index contributed by atoms with van der Waals surface area (Å²) in [4.78, 5) is 21.7. The molecule has 0 radical (unpaired) electrons. The van der Waals surface area contributed by atoms with Crippen LogP contribution in [0.25, 0.3) is 0 Å². The van der Waals surface area contributed by atoms with E-state index >= 15 is 8.78 Å². The van der Waals surface area contributed by atoms with E-state index in [0.29, 0.717) is 5.56 Å². The van der Waals surface area contributed by atoms with Gasteiger partial charge in [-0.2, -0.15) is 13.1 Å². The van der Waals surface area contributed by atoms with Crippen molar-refractivity contribution in [1.29, 1.82) is 0 Å². The number of halogens is 5. The predicted octanol–water partition coefficient (Wildman–Crippen LogP) is 7.84. The van der Waals surface area contributed by atoms with E-state index in [4.69, 9.17) is 39.5 Å². The summed E-state index contributed by atoms with van der Waals surface area (Å²) in [6, 6.07) is 13.5. The van der Waals surface area contributed by atoms with E-state index in [-0.39, 0.29) is 39.3 Å². The van der Waals surface area contributed by atoms with Crippen LogP contribution in [0, 0.1) is 5.41 Å². The van der Waals surface area contributed by atoms with Gasteiger partial charge in [0.25, 0.3) is 0 Å². The Hall–Kier alpha value is -2.28. The normalized spacial score (nSPS) is 13.9. The molecule has 240 valence electrons. The van der Waals surface area contributed by atoms with Crippen molar-refractivity contribution in [3.05, 3.63) is 92.4 Å². The largest absolute Gasteiger partial charge is 0.495 e. The maximum absolute atomic E-state index is 15.2. The van der Waals surface area contributed by atoms with Gasteiger partial charge >= 0.3 is 19.2 Å². The van der Waals surface area contributed by atoms with Gasteiger partial charge in [0.1, 0.15) is 10.6 Å². The highest BCUT2D eigenvalue weighted by atomic mass is 35.5. The lowest BCUT2D eigenvalue weighted by atomic mass is 9.98. The van der Waals surface area contributed by atoms with Crippen LogP contribution in [0.1, 0.15) is 37.5 Å². The van der Waals surface area contributed by atoms with Gasteiger partial charge in [-0.1, -0.05) is 65.1 Å². The summed E-state index contributed by atoms with van der Waals surface area (Å²) in [6.07, 6.45) is 0. The second-order valence-corrected chi connectivity index (χ2v) is 15.5. The van der Waals surface area contributed by atoms with Gasteiger partial charge in [0.2, 0.25) is 16.8 Å². The van der Waals surface area contributed by atoms with Crippen LogP contribution in [0.5, 0.6) is 5.75 Å². The Labute approximate surface area is 269 Å². The van der Waals surface area contributed by atoms with Crippen LogP contribution in [-0.4, -0.2) is 37.5 Å². The number of hydrogen-bond donors (Lipinski definition) is 1. The predicted molar refractivity (Wildman–Crippen MR) is 163 cm³/mol. The minimum atomic E-state index is -5.76. The first-order valence-electron chi connectivity index (χ1n) is 12.7. The minimum Gasteiger partial charge on any atom is -0.495 e. The van der Waals surface area contributed by atoms with Crippen LogP contribution < -0.4 is 4.74 Å². The Balaban J connectivity index is 1.94. The minimum absolute atomic E-state index is 0.0755. The molecule has 1 atom stereocenters. The van der Waals surface area contributed by atoms with Crippen molar-refractivity contribution in [2.75, 3.05) is 13.9 Å². The molecule has 0 aliphatic carbocycles. The third-order valence-corrected chi connectivity index (χ3v) is 10.4. The zero-order valence-corrected chi connectivity index (χ0v) is 27.9. The summed E-state index contributed by atoms with van der Waals surface area (Å²) in [5.41, 5.74) is -5.94. The molecular formula is C28H29Cl3F2NO8PS. The van der Waals surface area contributed by atoms with Gasteiger partial charge in [0, 0.05) is 13.1 Å². The Morgan fingerprint density at radius 1 is 0.932 bits per heavy atom. The number of benzene rings is 3. The summed E-state index contributed by atoms with van der Waals surface area (Å²) in [5.74, 6) is -0.761. The first-order chi connectivity index (χ1) is 20.3. The molecule has 0 aliphatic rings. The molecule has 3 rings (SSSR count). The Kier molecular flexibility index (Phi) is 11.5. The van der Waals surface area contributed by atoms with Crippen molar-refractivity contribution in [2.24, 2.45) is 5.41 Å². The monoisotopic (exact) mass is 713 g/mol.